The number of hydrogen-bond donors (Lipinski definition) is 1. The lowest BCUT2D eigenvalue weighted by atomic mass is 10.2. The molecule has 0 aliphatic carbocycles. The number of benzene rings is 1. The van der Waals surface area contributed by atoms with Crippen molar-refractivity contribution in [2.45, 2.75) is 13.5 Å². The Labute approximate surface area is 144 Å². The minimum Gasteiger partial charge on any atom is -0.496 e. The molecule has 1 aliphatic rings. The maximum Gasteiger partial charge on any atom is 0.169 e. The maximum absolute atomic E-state index is 5.55. The van der Waals surface area contributed by atoms with E-state index in [4.69, 9.17) is 21.7 Å². The first-order valence-corrected chi connectivity index (χ1v) is 8.60. The highest BCUT2D eigenvalue weighted by molar-refractivity contribution is 7.80. The lowest BCUT2D eigenvalue weighted by Gasteiger charge is -2.31. The molecule has 0 radical (unpaired) electrons. The van der Waals surface area contributed by atoms with E-state index in [0.29, 0.717) is 0 Å². The molecule has 2 rings (SSSR count). The lowest BCUT2D eigenvalue weighted by Crippen LogP contribution is -2.45. The summed E-state index contributed by atoms with van der Waals surface area (Å²) in [6, 6.07) is 8.11. The second-order valence-electron chi connectivity index (χ2n) is 5.52. The van der Waals surface area contributed by atoms with Gasteiger partial charge in [-0.3, -0.25) is 4.90 Å². The molecule has 0 atom stereocenters. The molecule has 0 bridgehead atoms. The number of nitrogens with one attached hydrogen (secondary N) is 1. The Bertz CT molecular complexity index is 492. The van der Waals surface area contributed by atoms with Gasteiger partial charge in [0.1, 0.15) is 5.75 Å². The summed E-state index contributed by atoms with van der Waals surface area (Å²) >= 11 is 5.55. The zero-order valence-electron chi connectivity index (χ0n) is 14.1. The molecular weight excluding hydrogens is 310 g/mol. The molecular formula is C17H27N3O2S. The van der Waals surface area contributed by atoms with E-state index < -0.39 is 0 Å². The van der Waals surface area contributed by atoms with Gasteiger partial charge in [-0.05, 0) is 25.2 Å². The van der Waals surface area contributed by atoms with Gasteiger partial charge in [-0.15, -0.1) is 0 Å². The van der Waals surface area contributed by atoms with Gasteiger partial charge >= 0.3 is 0 Å². The van der Waals surface area contributed by atoms with E-state index in [0.717, 1.165) is 68.9 Å². The van der Waals surface area contributed by atoms with Crippen LogP contribution in [0.25, 0.3) is 0 Å². The molecule has 1 saturated heterocycles. The predicted molar refractivity (Wildman–Crippen MR) is 96.9 cm³/mol. The molecule has 1 aliphatic heterocycles. The van der Waals surface area contributed by atoms with Gasteiger partial charge in [0, 0.05) is 44.8 Å². The lowest BCUT2D eigenvalue weighted by molar-refractivity contribution is 0.0357. The van der Waals surface area contributed by atoms with E-state index in [-0.39, 0.29) is 0 Å². The van der Waals surface area contributed by atoms with Gasteiger partial charge in [-0.25, -0.2) is 0 Å². The smallest absolute Gasteiger partial charge is 0.169 e. The number of ether oxygens (including phenoxy) is 2. The van der Waals surface area contributed by atoms with Gasteiger partial charge in [-0.2, -0.15) is 0 Å². The molecule has 23 heavy (non-hydrogen) atoms. The SMILES string of the molecule is CCNC(=S)N(CCN1CCOCC1)Cc1ccccc1OC. The molecule has 1 aromatic rings. The van der Waals surface area contributed by atoms with Crippen LogP contribution in [0.15, 0.2) is 24.3 Å². The van der Waals surface area contributed by atoms with Crippen LogP contribution in [0, 0.1) is 0 Å². The third-order valence-electron chi connectivity index (χ3n) is 3.96. The minimum atomic E-state index is 0.750. The predicted octanol–water partition coefficient (Wildman–Crippen LogP) is 1.72. The number of nitrogens with zero attached hydrogens (tertiary/aromatic N) is 2. The van der Waals surface area contributed by atoms with E-state index >= 15 is 0 Å². The van der Waals surface area contributed by atoms with Crippen molar-refractivity contribution in [3.8, 4) is 5.75 Å². The maximum atomic E-state index is 5.55. The molecule has 1 heterocycles. The van der Waals surface area contributed by atoms with Crippen molar-refractivity contribution in [2.75, 3.05) is 53.0 Å². The Hall–Kier alpha value is -1.37. The molecule has 0 saturated carbocycles. The van der Waals surface area contributed by atoms with Crippen LogP contribution >= 0.6 is 12.2 Å². The van der Waals surface area contributed by atoms with Crippen molar-refractivity contribution >= 4 is 17.3 Å². The normalized spacial score (nSPS) is 15.2. The highest BCUT2D eigenvalue weighted by Crippen LogP contribution is 2.19. The molecule has 1 N–H and O–H groups in total. The molecule has 0 aromatic heterocycles. The van der Waals surface area contributed by atoms with Crippen LogP contribution in [0.2, 0.25) is 0 Å². The molecule has 5 nitrogen and oxygen atoms in total. The van der Waals surface area contributed by atoms with Gasteiger partial charge in [0.05, 0.1) is 20.3 Å². The third kappa shape index (κ3) is 5.64. The second-order valence-corrected chi connectivity index (χ2v) is 5.91. The third-order valence-corrected chi connectivity index (χ3v) is 4.36. The average Bonchev–Trinajstić information content (AvgIpc) is 2.60. The Morgan fingerprint density at radius 1 is 1.35 bits per heavy atom. The molecule has 0 amide bonds. The van der Waals surface area contributed by atoms with Gasteiger partial charge in [0.2, 0.25) is 0 Å². The second kappa shape index (κ2) is 9.70. The first kappa shape index (κ1) is 18.0. The summed E-state index contributed by atoms with van der Waals surface area (Å²) in [6.45, 7) is 9.17. The highest BCUT2D eigenvalue weighted by atomic mass is 32.1. The number of morpholine rings is 1. The number of hydrogen-bond acceptors (Lipinski definition) is 4. The fraction of sp³-hybridized carbons (Fsp3) is 0.588. The van der Waals surface area contributed by atoms with Gasteiger partial charge in [0.15, 0.2) is 5.11 Å². The molecule has 0 spiro atoms. The van der Waals surface area contributed by atoms with Crippen molar-refractivity contribution < 1.29 is 9.47 Å². The van der Waals surface area contributed by atoms with Crippen LogP contribution in [-0.4, -0.2) is 68.0 Å². The summed E-state index contributed by atoms with van der Waals surface area (Å²) in [5.41, 5.74) is 1.15. The van der Waals surface area contributed by atoms with E-state index in [9.17, 15) is 0 Å². The molecule has 1 fully saturated rings. The van der Waals surface area contributed by atoms with Crippen LogP contribution in [0.3, 0.4) is 0 Å². The zero-order chi connectivity index (χ0) is 16.5. The van der Waals surface area contributed by atoms with Crippen molar-refractivity contribution in [1.29, 1.82) is 0 Å². The van der Waals surface area contributed by atoms with Crippen LogP contribution in [0.1, 0.15) is 12.5 Å². The Balaban J connectivity index is 1.99. The summed E-state index contributed by atoms with van der Waals surface area (Å²) < 4.78 is 10.9. The summed E-state index contributed by atoms with van der Waals surface area (Å²) in [5.74, 6) is 0.906. The summed E-state index contributed by atoms with van der Waals surface area (Å²) in [7, 11) is 1.71. The Kier molecular flexibility index (Phi) is 7.58. The van der Waals surface area contributed by atoms with Gasteiger partial charge in [0.25, 0.3) is 0 Å². The zero-order valence-corrected chi connectivity index (χ0v) is 14.9. The fourth-order valence-corrected chi connectivity index (χ4v) is 2.94. The summed E-state index contributed by atoms with van der Waals surface area (Å²) in [6.07, 6.45) is 0. The number of para-hydroxylation sites is 1. The average molecular weight is 337 g/mol. The van der Waals surface area contributed by atoms with Crippen molar-refractivity contribution in [3.05, 3.63) is 29.8 Å². The van der Waals surface area contributed by atoms with Crippen LogP contribution in [-0.2, 0) is 11.3 Å². The van der Waals surface area contributed by atoms with E-state index in [1.165, 1.54) is 0 Å². The molecule has 0 unspecified atom stereocenters. The fourth-order valence-electron chi connectivity index (χ4n) is 2.64. The van der Waals surface area contributed by atoms with Gasteiger partial charge < -0.3 is 19.7 Å². The Morgan fingerprint density at radius 2 is 2.09 bits per heavy atom. The topological polar surface area (TPSA) is 37.0 Å². The number of rotatable bonds is 7. The minimum absolute atomic E-state index is 0.750. The van der Waals surface area contributed by atoms with E-state index in [1.807, 2.05) is 18.2 Å². The summed E-state index contributed by atoms with van der Waals surface area (Å²) in [4.78, 5) is 4.64. The molecule has 128 valence electrons. The van der Waals surface area contributed by atoms with Crippen molar-refractivity contribution in [1.82, 2.24) is 15.1 Å². The van der Waals surface area contributed by atoms with Crippen LogP contribution in [0.4, 0.5) is 0 Å². The van der Waals surface area contributed by atoms with Gasteiger partial charge in [-0.1, -0.05) is 18.2 Å². The highest BCUT2D eigenvalue weighted by Gasteiger charge is 2.16. The van der Waals surface area contributed by atoms with E-state index in [1.54, 1.807) is 7.11 Å². The molecule has 6 heteroatoms. The quantitative estimate of drug-likeness (QED) is 0.764. The molecule has 1 aromatic carbocycles. The number of thiocarbonyl (C=S) groups is 1. The Morgan fingerprint density at radius 3 is 2.78 bits per heavy atom. The first-order valence-electron chi connectivity index (χ1n) is 8.19. The van der Waals surface area contributed by atoms with Crippen LogP contribution in [0.5, 0.6) is 5.75 Å². The van der Waals surface area contributed by atoms with Crippen molar-refractivity contribution in [3.63, 3.8) is 0 Å². The van der Waals surface area contributed by atoms with Crippen LogP contribution < -0.4 is 10.1 Å². The van der Waals surface area contributed by atoms with E-state index in [2.05, 4.69) is 28.1 Å². The van der Waals surface area contributed by atoms with Crippen molar-refractivity contribution in [2.24, 2.45) is 0 Å². The number of methoxy groups -OCH3 is 1. The summed E-state index contributed by atoms with van der Waals surface area (Å²) in [5, 5.41) is 4.06. The monoisotopic (exact) mass is 337 g/mol. The standard InChI is InChI=1S/C17H27N3O2S/c1-3-18-17(23)20(9-8-19-10-12-22-13-11-19)14-15-6-4-5-7-16(15)21-2/h4-7H,3,8-14H2,1-2H3,(H,18,23). The first-order chi connectivity index (χ1) is 11.2. The largest absolute Gasteiger partial charge is 0.496 e.